The predicted molar refractivity (Wildman–Crippen MR) is 183 cm³/mol. The number of piperidine rings is 1. The van der Waals surface area contributed by atoms with Crippen molar-refractivity contribution in [3.63, 3.8) is 0 Å². The van der Waals surface area contributed by atoms with Crippen LogP contribution in [0.3, 0.4) is 0 Å². The summed E-state index contributed by atoms with van der Waals surface area (Å²) in [6.45, 7) is 14.5. The molecule has 0 spiro atoms. The Labute approximate surface area is 283 Å². The lowest BCUT2D eigenvalue weighted by atomic mass is 9.81. The molecule has 0 bridgehead atoms. The minimum absolute atomic E-state index is 0.00445. The van der Waals surface area contributed by atoms with Crippen molar-refractivity contribution in [2.24, 2.45) is 17.3 Å². The summed E-state index contributed by atoms with van der Waals surface area (Å²) in [6, 6.07) is 1.46. The van der Waals surface area contributed by atoms with Gasteiger partial charge in [0.25, 0.3) is 0 Å². The first-order chi connectivity index (χ1) is 22.0. The average Bonchev–Trinajstić information content (AvgIpc) is 3.40. The van der Waals surface area contributed by atoms with Crippen LogP contribution in [-0.2, 0) is 14.3 Å². The van der Waals surface area contributed by atoms with Crippen LogP contribution in [0.1, 0.15) is 127 Å². The Morgan fingerprint density at radius 1 is 0.979 bits per heavy atom. The molecule has 1 aromatic rings. The van der Waals surface area contributed by atoms with Crippen molar-refractivity contribution in [2.45, 2.75) is 136 Å². The maximum absolute atomic E-state index is 14.2. The van der Waals surface area contributed by atoms with Gasteiger partial charge in [-0.2, -0.15) is 0 Å². The fraction of sp³-hybridized carbons (Fsp3) is 0.722. The predicted octanol–water partition coefficient (Wildman–Crippen LogP) is 7.44. The van der Waals surface area contributed by atoms with Crippen LogP contribution in [0.15, 0.2) is 6.07 Å². The lowest BCUT2D eigenvalue weighted by Crippen LogP contribution is -2.50. The summed E-state index contributed by atoms with van der Waals surface area (Å²) < 4.78 is 11.2. The molecule has 10 nitrogen and oxygen atoms in total. The van der Waals surface area contributed by atoms with Crippen molar-refractivity contribution in [3.8, 4) is 11.8 Å². The van der Waals surface area contributed by atoms with Gasteiger partial charge >= 0.3 is 18.2 Å². The van der Waals surface area contributed by atoms with E-state index in [0.29, 0.717) is 61.7 Å². The molecule has 1 atom stereocenters. The second kappa shape index (κ2) is 15.3. The first-order valence-electron chi connectivity index (χ1n) is 17.2. The highest BCUT2D eigenvalue weighted by molar-refractivity contribution is 7.15. The molecule has 3 fully saturated rings. The molecule has 0 radical (unpaired) electrons. The summed E-state index contributed by atoms with van der Waals surface area (Å²) in [4.78, 5) is 56.2. The number of carbonyl (C=O) groups is 4. The Balaban J connectivity index is 1.43. The highest BCUT2D eigenvalue weighted by atomic mass is 32.1. The fourth-order valence-electron chi connectivity index (χ4n) is 6.58. The van der Waals surface area contributed by atoms with Crippen LogP contribution >= 0.6 is 11.3 Å². The van der Waals surface area contributed by atoms with E-state index in [1.54, 1.807) is 15.9 Å². The van der Waals surface area contributed by atoms with E-state index in [0.717, 1.165) is 43.4 Å². The van der Waals surface area contributed by atoms with Crippen molar-refractivity contribution in [2.75, 3.05) is 18.0 Å². The number of likely N-dealkylation sites (tertiary alicyclic amines) is 1. The molecule has 0 aromatic carbocycles. The molecule has 2 aliphatic carbocycles. The van der Waals surface area contributed by atoms with Gasteiger partial charge in [-0.1, -0.05) is 18.8 Å². The Bertz CT molecular complexity index is 1350. The maximum atomic E-state index is 14.2. The number of alkyl carbamates (subject to hydrolysis) is 1. The first kappa shape index (κ1) is 36.6. The van der Waals surface area contributed by atoms with E-state index >= 15 is 0 Å². The molecule has 1 aliphatic heterocycles. The molecule has 2 saturated carbocycles. The summed E-state index contributed by atoms with van der Waals surface area (Å²) in [5, 5.41) is 13.2. The van der Waals surface area contributed by atoms with E-state index in [-0.39, 0.29) is 34.2 Å². The topological polar surface area (TPSA) is 125 Å². The molecule has 2 N–H and O–H groups in total. The number of aromatic carboxylic acids is 1. The van der Waals surface area contributed by atoms with Crippen molar-refractivity contribution < 1.29 is 33.8 Å². The molecule has 0 unspecified atom stereocenters. The van der Waals surface area contributed by atoms with E-state index < -0.39 is 29.9 Å². The highest BCUT2D eigenvalue weighted by Crippen LogP contribution is 2.39. The average molecular weight is 672 g/mol. The molecular formula is C36H53N3O7S. The summed E-state index contributed by atoms with van der Waals surface area (Å²) in [7, 11) is 0. The number of rotatable bonds is 6. The quantitative estimate of drug-likeness (QED) is 0.301. The molecule has 260 valence electrons. The lowest BCUT2D eigenvalue weighted by Gasteiger charge is -2.39. The first-order valence-corrected chi connectivity index (χ1v) is 18.0. The number of hydrogen-bond donors (Lipinski definition) is 2. The van der Waals surface area contributed by atoms with Gasteiger partial charge in [0, 0.05) is 30.0 Å². The van der Waals surface area contributed by atoms with Gasteiger partial charge in [0.05, 0.1) is 17.1 Å². The van der Waals surface area contributed by atoms with Crippen LogP contribution in [0.25, 0.3) is 0 Å². The normalized spacial score (nSPS) is 25.2. The Hall–Kier alpha value is -3.26. The zero-order valence-corrected chi connectivity index (χ0v) is 30.0. The molecule has 3 amide bonds. The number of nitrogens with zero attached hydrogens (tertiary/aromatic N) is 2. The number of carboxylic acid groups (broad SMARTS) is 1. The van der Waals surface area contributed by atoms with Gasteiger partial charge in [-0.15, -0.1) is 11.3 Å². The molecule has 1 saturated heterocycles. The SMILES string of the molecule is CC1CCC(C(=O)N(c2cc(C#CC(C)(C)C)sc2C(=O)O)C2CCC(NC(=O)O[C@@H]3CCCN(C(=O)OC(C)(C)C)C3)CC2)CC1. The number of hydrogen-bond acceptors (Lipinski definition) is 7. The van der Waals surface area contributed by atoms with Crippen molar-refractivity contribution in [1.29, 1.82) is 0 Å². The van der Waals surface area contributed by atoms with Gasteiger partial charge < -0.3 is 29.7 Å². The molecule has 47 heavy (non-hydrogen) atoms. The Morgan fingerprint density at radius 2 is 1.64 bits per heavy atom. The summed E-state index contributed by atoms with van der Waals surface area (Å²) in [5.41, 5.74) is -0.410. The minimum Gasteiger partial charge on any atom is -0.477 e. The van der Waals surface area contributed by atoms with Crippen LogP contribution in [-0.4, -0.2) is 70.9 Å². The van der Waals surface area contributed by atoms with E-state index in [1.165, 1.54) is 0 Å². The molecule has 2 heterocycles. The third kappa shape index (κ3) is 10.6. The van der Waals surface area contributed by atoms with Gasteiger partial charge in [-0.05, 0) is 118 Å². The number of thiophene rings is 1. The Morgan fingerprint density at radius 3 is 2.23 bits per heavy atom. The summed E-state index contributed by atoms with van der Waals surface area (Å²) >= 11 is 1.12. The third-order valence-corrected chi connectivity index (χ3v) is 10.0. The van der Waals surface area contributed by atoms with Crippen molar-refractivity contribution >= 4 is 41.1 Å². The molecule has 3 aliphatic rings. The number of nitrogens with one attached hydrogen (secondary N) is 1. The molecule has 1 aromatic heterocycles. The van der Waals surface area contributed by atoms with Gasteiger partial charge in [0.2, 0.25) is 5.91 Å². The second-order valence-electron chi connectivity index (χ2n) is 15.5. The van der Waals surface area contributed by atoms with Crippen LogP contribution < -0.4 is 10.2 Å². The van der Waals surface area contributed by atoms with Crippen LogP contribution in [0.5, 0.6) is 0 Å². The molecule has 11 heteroatoms. The van der Waals surface area contributed by atoms with Gasteiger partial charge in [0.15, 0.2) is 0 Å². The largest absolute Gasteiger partial charge is 0.477 e. The zero-order chi connectivity index (χ0) is 34.5. The Kier molecular flexibility index (Phi) is 11.9. The van der Waals surface area contributed by atoms with E-state index in [1.807, 2.05) is 41.5 Å². The minimum atomic E-state index is -1.06. The number of amides is 3. The number of anilines is 1. The highest BCUT2D eigenvalue weighted by Gasteiger charge is 2.38. The monoisotopic (exact) mass is 671 g/mol. The van der Waals surface area contributed by atoms with Crippen molar-refractivity contribution in [3.05, 3.63) is 15.8 Å². The lowest BCUT2D eigenvalue weighted by molar-refractivity contribution is -0.124. The van der Waals surface area contributed by atoms with E-state index in [9.17, 15) is 24.3 Å². The van der Waals surface area contributed by atoms with E-state index in [2.05, 4.69) is 24.1 Å². The van der Waals surface area contributed by atoms with Crippen LogP contribution in [0, 0.1) is 29.1 Å². The van der Waals surface area contributed by atoms with Crippen LogP contribution in [0.2, 0.25) is 0 Å². The number of carboxylic acids is 1. The molecular weight excluding hydrogens is 618 g/mol. The van der Waals surface area contributed by atoms with Crippen molar-refractivity contribution in [1.82, 2.24) is 10.2 Å². The van der Waals surface area contributed by atoms with Gasteiger partial charge in [-0.25, -0.2) is 14.4 Å². The smallest absolute Gasteiger partial charge is 0.410 e. The summed E-state index contributed by atoms with van der Waals surface area (Å²) in [5.74, 6) is 5.71. The van der Waals surface area contributed by atoms with Gasteiger partial charge in [0.1, 0.15) is 16.6 Å². The zero-order valence-electron chi connectivity index (χ0n) is 29.1. The summed E-state index contributed by atoms with van der Waals surface area (Å²) in [6.07, 6.45) is 6.12. The van der Waals surface area contributed by atoms with Gasteiger partial charge in [-0.3, -0.25) is 4.79 Å². The number of carbonyl (C=O) groups excluding carboxylic acids is 3. The third-order valence-electron chi connectivity index (χ3n) is 9.02. The number of ether oxygens (including phenoxy) is 2. The van der Waals surface area contributed by atoms with Crippen LogP contribution in [0.4, 0.5) is 15.3 Å². The second-order valence-corrected chi connectivity index (χ2v) is 16.6. The standard InChI is InChI=1S/C36H53N3O7S/c1-23-10-12-24(13-11-23)31(40)39(29-21-28(18-19-35(2,3)4)47-30(29)32(41)42)26-16-14-25(15-17-26)37-33(43)45-27-9-8-20-38(22-27)34(44)46-36(5,6)7/h21,23-27H,8-17,20,22H2,1-7H3,(H,37,43)(H,41,42)/t23?,24?,25?,26?,27-/m1/s1. The van der Waals surface area contributed by atoms with E-state index in [4.69, 9.17) is 9.47 Å². The fourth-order valence-corrected chi connectivity index (χ4v) is 7.42. The molecule has 4 rings (SSSR count). The maximum Gasteiger partial charge on any atom is 0.410 e.